The lowest BCUT2D eigenvalue weighted by atomic mass is 10.1. The summed E-state index contributed by atoms with van der Waals surface area (Å²) >= 11 is 0. The average molecular weight is 280 g/mol. The smallest absolute Gasteiger partial charge is 0.328 e. The molecule has 2 heteroatoms. The molecule has 0 saturated heterocycles. The Morgan fingerprint density at radius 3 is 1.71 bits per heavy atom. The van der Waals surface area contributed by atoms with Crippen LogP contribution in [0.5, 0.6) is 0 Å². The highest BCUT2D eigenvalue weighted by atomic mass is 16.4. The zero-order chi connectivity index (χ0) is 15.7. The number of benzene rings is 2. The van der Waals surface area contributed by atoms with Crippen LogP contribution in [0.3, 0.4) is 0 Å². The molecule has 0 saturated carbocycles. The lowest BCUT2D eigenvalue weighted by molar-refractivity contribution is -0.131. The number of aryl methyl sites for hydroxylation is 2. The predicted octanol–water partition coefficient (Wildman–Crippen LogP) is 4.73. The van der Waals surface area contributed by atoms with Crippen LogP contribution in [0, 0.1) is 13.8 Å². The molecule has 108 valence electrons. The van der Waals surface area contributed by atoms with Crippen molar-refractivity contribution in [1.29, 1.82) is 0 Å². The molecule has 0 unspecified atom stereocenters. The van der Waals surface area contributed by atoms with E-state index in [2.05, 4.69) is 37.8 Å². The maximum atomic E-state index is 10.2. The third kappa shape index (κ3) is 6.92. The highest BCUT2D eigenvalue weighted by Crippen LogP contribution is 2.04. The Morgan fingerprint density at radius 1 is 0.905 bits per heavy atom. The molecule has 21 heavy (non-hydrogen) atoms. The number of carboxylic acids is 1. The van der Waals surface area contributed by atoms with Crippen LogP contribution in [-0.2, 0) is 4.79 Å². The van der Waals surface area contributed by atoms with Crippen molar-refractivity contribution in [2.75, 3.05) is 0 Å². The summed E-state index contributed by atoms with van der Waals surface area (Å²) in [5.74, 6) is -0.921. The third-order valence-electron chi connectivity index (χ3n) is 2.81. The molecule has 0 aliphatic heterocycles. The molecule has 0 radical (unpaired) electrons. The minimum Gasteiger partial charge on any atom is -0.478 e. The number of hydrogen-bond donors (Lipinski definition) is 1. The van der Waals surface area contributed by atoms with Crippen LogP contribution in [0.25, 0.3) is 12.2 Å². The van der Waals surface area contributed by atoms with Crippen LogP contribution in [0.15, 0.2) is 61.2 Å². The zero-order valence-corrected chi connectivity index (χ0v) is 12.4. The van der Waals surface area contributed by atoms with E-state index in [1.807, 2.05) is 37.3 Å². The van der Waals surface area contributed by atoms with Crippen LogP contribution in [-0.4, -0.2) is 11.1 Å². The van der Waals surface area contributed by atoms with Crippen molar-refractivity contribution in [2.45, 2.75) is 13.8 Å². The average Bonchev–Trinajstić information content (AvgIpc) is 2.48. The van der Waals surface area contributed by atoms with Gasteiger partial charge in [0.15, 0.2) is 0 Å². The first-order valence-corrected chi connectivity index (χ1v) is 6.68. The highest BCUT2D eigenvalue weighted by molar-refractivity contribution is 5.85. The molecule has 0 bridgehead atoms. The maximum Gasteiger partial charge on any atom is 0.328 e. The van der Waals surface area contributed by atoms with Crippen molar-refractivity contribution in [3.8, 4) is 0 Å². The second kappa shape index (κ2) is 8.54. The lowest BCUT2D eigenvalue weighted by Gasteiger charge is -1.92. The molecular weight excluding hydrogens is 260 g/mol. The molecule has 0 heterocycles. The van der Waals surface area contributed by atoms with E-state index < -0.39 is 5.97 Å². The SMILES string of the molecule is C=Cc1ccc(C)cc1.Cc1ccc(C=CC(=O)O)cc1. The van der Waals surface area contributed by atoms with Gasteiger partial charge in [0, 0.05) is 6.08 Å². The van der Waals surface area contributed by atoms with E-state index in [0.29, 0.717) is 0 Å². The first kappa shape index (κ1) is 16.4. The Morgan fingerprint density at radius 2 is 1.33 bits per heavy atom. The van der Waals surface area contributed by atoms with Gasteiger partial charge >= 0.3 is 5.97 Å². The molecule has 0 aliphatic carbocycles. The van der Waals surface area contributed by atoms with Crippen LogP contribution >= 0.6 is 0 Å². The first-order chi connectivity index (χ1) is 10.0. The predicted molar refractivity (Wildman–Crippen MR) is 89.1 cm³/mol. The zero-order valence-electron chi connectivity index (χ0n) is 12.4. The molecule has 2 aromatic rings. The normalized spacial score (nSPS) is 9.81. The topological polar surface area (TPSA) is 37.3 Å². The Labute approximate surface area is 126 Å². The molecular formula is C19H20O2. The molecule has 0 atom stereocenters. The van der Waals surface area contributed by atoms with Gasteiger partial charge in [-0.1, -0.05) is 72.3 Å². The molecule has 2 nitrogen and oxygen atoms in total. The van der Waals surface area contributed by atoms with Crippen molar-refractivity contribution in [2.24, 2.45) is 0 Å². The van der Waals surface area contributed by atoms with Crippen molar-refractivity contribution >= 4 is 18.1 Å². The van der Waals surface area contributed by atoms with Gasteiger partial charge in [-0.3, -0.25) is 0 Å². The van der Waals surface area contributed by atoms with Gasteiger partial charge in [0.2, 0.25) is 0 Å². The van der Waals surface area contributed by atoms with E-state index in [4.69, 9.17) is 5.11 Å². The van der Waals surface area contributed by atoms with Crippen LogP contribution < -0.4 is 0 Å². The molecule has 0 spiro atoms. The van der Waals surface area contributed by atoms with E-state index in [-0.39, 0.29) is 0 Å². The van der Waals surface area contributed by atoms with Gasteiger partial charge in [0.05, 0.1) is 0 Å². The molecule has 1 N–H and O–H groups in total. The Hall–Kier alpha value is -2.61. The summed E-state index contributed by atoms with van der Waals surface area (Å²) in [5, 5.41) is 8.34. The highest BCUT2D eigenvalue weighted by Gasteiger charge is 1.88. The Kier molecular flexibility index (Phi) is 6.69. The van der Waals surface area contributed by atoms with Crippen molar-refractivity contribution in [3.05, 3.63) is 83.4 Å². The van der Waals surface area contributed by atoms with Gasteiger partial charge < -0.3 is 5.11 Å². The summed E-state index contributed by atoms with van der Waals surface area (Å²) in [6.07, 6.45) is 4.55. The fourth-order valence-electron chi connectivity index (χ4n) is 1.55. The molecule has 2 rings (SSSR count). The number of rotatable bonds is 3. The quantitative estimate of drug-likeness (QED) is 0.825. The van der Waals surface area contributed by atoms with E-state index in [9.17, 15) is 4.79 Å². The monoisotopic (exact) mass is 280 g/mol. The maximum absolute atomic E-state index is 10.2. The molecule has 2 aromatic carbocycles. The summed E-state index contributed by atoms with van der Waals surface area (Å²) in [5.41, 5.74) is 4.55. The van der Waals surface area contributed by atoms with Crippen molar-refractivity contribution in [1.82, 2.24) is 0 Å². The first-order valence-electron chi connectivity index (χ1n) is 6.68. The number of carbonyl (C=O) groups is 1. The van der Waals surface area contributed by atoms with E-state index >= 15 is 0 Å². The van der Waals surface area contributed by atoms with Crippen LogP contribution in [0.2, 0.25) is 0 Å². The minimum absolute atomic E-state index is 0.906. The molecule has 0 aliphatic rings. The molecule has 0 aromatic heterocycles. The van der Waals surface area contributed by atoms with Crippen molar-refractivity contribution in [3.63, 3.8) is 0 Å². The summed E-state index contributed by atoms with van der Waals surface area (Å²) in [6, 6.07) is 15.9. The Balaban J connectivity index is 0.000000219. The van der Waals surface area contributed by atoms with Gasteiger partial charge in [0.1, 0.15) is 0 Å². The summed E-state index contributed by atoms with van der Waals surface area (Å²) in [4.78, 5) is 10.2. The summed E-state index contributed by atoms with van der Waals surface area (Å²) in [7, 11) is 0. The van der Waals surface area contributed by atoms with Crippen LogP contribution in [0.4, 0.5) is 0 Å². The van der Waals surface area contributed by atoms with Crippen molar-refractivity contribution < 1.29 is 9.90 Å². The Bertz CT molecular complexity index is 605. The number of aliphatic carboxylic acids is 1. The fourth-order valence-corrected chi connectivity index (χ4v) is 1.55. The second-order valence-electron chi connectivity index (χ2n) is 4.70. The van der Waals surface area contributed by atoms with Gasteiger partial charge in [0.25, 0.3) is 0 Å². The van der Waals surface area contributed by atoms with E-state index in [0.717, 1.165) is 11.6 Å². The second-order valence-corrected chi connectivity index (χ2v) is 4.70. The van der Waals surface area contributed by atoms with Gasteiger partial charge in [-0.25, -0.2) is 4.79 Å². The van der Waals surface area contributed by atoms with Crippen LogP contribution in [0.1, 0.15) is 22.3 Å². The largest absolute Gasteiger partial charge is 0.478 e. The summed E-state index contributed by atoms with van der Waals surface area (Å²) < 4.78 is 0. The number of carboxylic acid groups (broad SMARTS) is 1. The number of hydrogen-bond acceptors (Lipinski definition) is 1. The van der Waals surface area contributed by atoms with E-state index in [1.54, 1.807) is 6.08 Å². The molecule has 0 fully saturated rings. The van der Waals surface area contributed by atoms with Gasteiger partial charge in [-0.15, -0.1) is 0 Å². The van der Waals surface area contributed by atoms with Gasteiger partial charge in [-0.2, -0.15) is 0 Å². The minimum atomic E-state index is -0.921. The lowest BCUT2D eigenvalue weighted by Crippen LogP contribution is -1.85. The fraction of sp³-hybridized carbons (Fsp3) is 0.105. The van der Waals surface area contributed by atoms with Gasteiger partial charge in [-0.05, 0) is 31.1 Å². The third-order valence-corrected chi connectivity index (χ3v) is 2.81. The van der Waals surface area contributed by atoms with E-state index in [1.165, 1.54) is 16.7 Å². The summed E-state index contributed by atoms with van der Waals surface area (Å²) in [6.45, 7) is 7.73. The molecule has 0 amide bonds. The standard InChI is InChI=1S/C10H10O2.C9H10/c1-8-2-4-9(5-3-8)6-7-10(11)12;1-3-9-6-4-8(2)5-7-9/h2-7H,1H3,(H,11,12);3-7H,1H2,2H3.